The summed E-state index contributed by atoms with van der Waals surface area (Å²) in [6, 6.07) is 6.13. The van der Waals surface area contributed by atoms with Crippen LogP contribution in [-0.2, 0) is 6.42 Å². The maximum Gasteiger partial charge on any atom is 0.0871 e. The van der Waals surface area contributed by atoms with Gasteiger partial charge in [0.2, 0.25) is 0 Å². The highest BCUT2D eigenvalue weighted by molar-refractivity contribution is 9.10. The minimum atomic E-state index is 0.808. The van der Waals surface area contributed by atoms with Crippen LogP contribution in [0.1, 0.15) is 24.0 Å². The first-order valence-corrected chi connectivity index (χ1v) is 5.10. The first-order chi connectivity index (χ1) is 6.31. The number of fused-ring (bicyclic) bond motifs is 1. The van der Waals surface area contributed by atoms with Gasteiger partial charge in [-0.1, -0.05) is 27.2 Å². The Bertz CT molecular complexity index is 360. The van der Waals surface area contributed by atoms with Crippen molar-refractivity contribution in [3.63, 3.8) is 0 Å². The zero-order valence-electron chi connectivity index (χ0n) is 7.13. The Morgan fingerprint density at radius 3 is 2.92 bits per heavy atom. The number of hydrogen-bond donors (Lipinski definition) is 1. The van der Waals surface area contributed by atoms with Crippen molar-refractivity contribution in [2.24, 2.45) is 5.16 Å². The molecule has 1 N–H and O–H groups in total. The van der Waals surface area contributed by atoms with Gasteiger partial charge in [0.15, 0.2) is 0 Å². The van der Waals surface area contributed by atoms with Crippen LogP contribution in [0.15, 0.2) is 27.8 Å². The van der Waals surface area contributed by atoms with E-state index in [-0.39, 0.29) is 0 Å². The summed E-state index contributed by atoms with van der Waals surface area (Å²) < 4.78 is 1.04. The highest BCUT2D eigenvalue weighted by atomic mass is 79.9. The summed E-state index contributed by atoms with van der Waals surface area (Å²) in [5.41, 5.74) is 3.17. The van der Waals surface area contributed by atoms with Crippen molar-refractivity contribution in [3.05, 3.63) is 33.8 Å². The summed E-state index contributed by atoms with van der Waals surface area (Å²) in [4.78, 5) is 0. The summed E-state index contributed by atoms with van der Waals surface area (Å²) in [6.45, 7) is 0. The molecule has 0 atom stereocenters. The molecule has 0 fully saturated rings. The summed E-state index contributed by atoms with van der Waals surface area (Å²) in [6.07, 6.45) is 3.04. The molecule has 1 aliphatic carbocycles. The fraction of sp³-hybridized carbons (Fsp3) is 0.300. The first-order valence-electron chi connectivity index (χ1n) is 4.31. The molecule has 1 aromatic carbocycles. The van der Waals surface area contributed by atoms with Crippen LogP contribution in [0.5, 0.6) is 0 Å². The molecule has 0 saturated heterocycles. The predicted molar refractivity (Wildman–Crippen MR) is 55.4 cm³/mol. The lowest BCUT2D eigenvalue weighted by molar-refractivity contribution is 0.317. The number of rotatable bonds is 0. The van der Waals surface area contributed by atoms with Crippen molar-refractivity contribution in [3.8, 4) is 0 Å². The summed E-state index contributed by atoms with van der Waals surface area (Å²) in [7, 11) is 0. The number of hydrogen-bond acceptors (Lipinski definition) is 2. The van der Waals surface area contributed by atoms with Crippen LogP contribution < -0.4 is 0 Å². The van der Waals surface area contributed by atoms with Crippen molar-refractivity contribution in [1.82, 2.24) is 0 Å². The Kier molecular flexibility index (Phi) is 2.36. The second kappa shape index (κ2) is 3.50. The van der Waals surface area contributed by atoms with Crippen LogP contribution in [0.25, 0.3) is 0 Å². The molecule has 2 rings (SSSR count). The fourth-order valence-electron chi connectivity index (χ4n) is 1.72. The Labute approximate surface area is 85.4 Å². The summed E-state index contributed by atoms with van der Waals surface area (Å²) in [5, 5.41) is 12.1. The molecule has 13 heavy (non-hydrogen) atoms. The van der Waals surface area contributed by atoms with Gasteiger partial charge in [-0.05, 0) is 37.0 Å². The Morgan fingerprint density at radius 2 is 2.15 bits per heavy atom. The molecule has 0 spiro atoms. The highest BCUT2D eigenvalue weighted by Gasteiger charge is 2.15. The van der Waals surface area contributed by atoms with Gasteiger partial charge in [-0.25, -0.2) is 0 Å². The van der Waals surface area contributed by atoms with Crippen LogP contribution >= 0.6 is 15.9 Å². The van der Waals surface area contributed by atoms with E-state index in [1.54, 1.807) is 0 Å². The fourth-order valence-corrected chi connectivity index (χ4v) is 2.08. The van der Waals surface area contributed by atoms with E-state index in [0.29, 0.717) is 0 Å². The zero-order valence-corrected chi connectivity index (χ0v) is 8.71. The molecular formula is C10H10BrNO. The minimum absolute atomic E-state index is 0.808. The molecule has 0 aromatic heterocycles. The topological polar surface area (TPSA) is 32.6 Å². The first kappa shape index (κ1) is 8.75. The third-order valence-corrected chi connectivity index (χ3v) is 2.86. The van der Waals surface area contributed by atoms with Crippen molar-refractivity contribution in [1.29, 1.82) is 0 Å². The number of benzene rings is 1. The lowest BCUT2D eigenvalue weighted by Gasteiger charge is -2.16. The number of aryl methyl sites for hydroxylation is 1. The maximum absolute atomic E-state index is 8.80. The van der Waals surface area contributed by atoms with E-state index in [1.807, 2.05) is 12.1 Å². The molecule has 2 nitrogen and oxygen atoms in total. The largest absolute Gasteiger partial charge is 0.411 e. The molecule has 0 saturated carbocycles. The predicted octanol–water partition coefficient (Wildman–Crippen LogP) is 2.96. The molecule has 1 aromatic rings. The monoisotopic (exact) mass is 239 g/mol. The van der Waals surface area contributed by atoms with E-state index < -0.39 is 0 Å². The van der Waals surface area contributed by atoms with Gasteiger partial charge in [0.25, 0.3) is 0 Å². The van der Waals surface area contributed by atoms with E-state index in [9.17, 15) is 0 Å². The molecule has 0 heterocycles. The SMILES string of the molecule is ON=C1CCCc2ccc(Br)cc21. The van der Waals surface area contributed by atoms with E-state index in [4.69, 9.17) is 5.21 Å². The van der Waals surface area contributed by atoms with E-state index >= 15 is 0 Å². The minimum Gasteiger partial charge on any atom is -0.411 e. The van der Waals surface area contributed by atoms with E-state index in [1.165, 1.54) is 5.56 Å². The van der Waals surface area contributed by atoms with Gasteiger partial charge in [0.05, 0.1) is 5.71 Å². The van der Waals surface area contributed by atoms with Crippen LogP contribution in [-0.4, -0.2) is 10.9 Å². The van der Waals surface area contributed by atoms with Gasteiger partial charge in [0.1, 0.15) is 0 Å². The second-order valence-corrected chi connectivity index (χ2v) is 4.12. The van der Waals surface area contributed by atoms with Crippen molar-refractivity contribution >= 4 is 21.6 Å². The van der Waals surface area contributed by atoms with Crippen molar-refractivity contribution in [2.45, 2.75) is 19.3 Å². The molecular weight excluding hydrogens is 230 g/mol. The van der Waals surface area contributed by atoms with Crippen molar-refractivity contribution in [2.75, 3.05) is 0 Å². The summed E-state index contributed by atoms with van der Waals surface area (Å²) in [5.74, 6) is 0. The van der Waals surface area contributed by atoms with Crippen LogP contribution in [0, 0.1) is 0 Å². The standard InChI is InChI=1S/C10H10BrNO/c11-8-5-4-7-2-1-3-10(12-13)9(7)6-8/h4-6,13H,1-3H2. The van der Waals surface area contributed by atoms with E-state index in [2.05, 4.69) is 27.2 Å². The molecule has 0 bridgehead atoms. The third-order valence-electron chi connectivity index (χ3n) is 2.36. The molecule has 68 valence electrons. The van der Waals surface area contributed by atoms with Gasteiger partial charge in [0, 0.05) is 10.0 Å². The van der Waals surface area contributed by atoms with Gasteiger partial charge < -0.3 is 5.21 Å². The second-order valence-electron chi connectivity index (χ2n) is 3.20. The molecule has 1 aliphatic rings. The lowest BCUT2D eigenvalue weighted by atomic mass is 9.90. The molecule has 0 unspecified atom stereocenters. The molecule has 0 aliphatic heterocycles. The van der Waals surface area contributed by atoms with E-state index in [0.717, 1.165) is 35.0 Å². The van der Waals surface area contributed by atoms with Gasteiger partial charge in [-0.3, -0.25) is 0 Å². The van der Waals surface area contributed by atoms with Gasteiger partial charge in [-0.2, -0.15) is 0 Å². The zero-order chi connectivity index (χ0) is 9.26. The highest BCUT2D eigenvalue weighted by Crippen LogP contribution is 2.24. The number of oxime groups is 1. The third kappa shape index (κ3) is 1.61. The van der Waals surface area contributed by atoms with Crippen LogP contribution in [0.3, 0.4) is 0 Å². The van der Waals surface area contributed by atoms with Crippen LogP contribution in [0.4, 0.5) is 0 Å². The van der Waals surface area contributed by atoms with Gasteiger partial charge >= 0.3 is 0 Å². The molecule has 0 radical (unpaired) electrons. The smallest absolute Gasteiger partial charge is 0.0871 e. The number of halogens is 1. The number of nitrogens with zero attached hydrogens (tertiary/aromatic N) is 1. The van der Waals surface area contributed by atoms with Gasteiger partial charge in [-0.15, -0.1) is 0 Å². The van der Waals surface area contributed by atoms with Crippen LogP contribution in [0.2, 0.25) is 0 Å². The molecule has 0 amide bonds. The average Bonchev–Trinajstić information content (AvgIpc) is 2.17. The summed E-state index contributed by atoms with van der Waals surface area (Å²) >= 11 is 3.41. The average molecular weight is 240 g/mol. The van der Waals surface area contributed by atoms with Crippen molar-refractivity contribution < 1.29 is 5.21 Å². The lowest BCUT2D eigenvalue weighted by Crippen LogP contribution is -2.11. The normalized spacial score (nSPS) is 18.7. The Hall–Kier alpha value is -0.830. The Morgan fingerprint density at radius 1 is 1.31 bits per heavy atom. The molecule has 3 heteroatoms. The Balaban J connectivity index is 2.54. The maximum atomic E-state index is 8.80. The quantitative estimate of drug-likeness (QED) is 0.548.